The van der Waals surface area contributed by atoms with E-state index in [4.69, 9.17) is 4.74 Å². The van der Waals surface area contributed by atoms with E-state index in [2.05, 4.69) is 20.6 Å². The number of amides is 1. The van der Waals surface area contributed by atoms with Crippen LogP contribution in [0.2, 0.25) is 0 Å². The highest BCUT2D eigenvalue weighted by atomic mass is 16.5. The van der Waals surface area contributed by atoms with E-state index in [1.165, 1.54) is 12.8 Å². The molecule has 1 fully saturated rings. The van der Waals surface area contributed by atoms with Crippen molar-refractivity contribution in [1.29, 1.82) is 0 Å². The van der Waals surface area contributed by atoms with E-state index in [0.717, 1.165) is 29.8 Å². The number of aryl methyl sites for hydroxylation is 1. The van der Waals surface area contributed by atoms with E-state index < -0.39 is 0 Å². The number of ether oxygens (including phenoxy) is 1. The Kier molecular flexibility index (Phi) is 5.48. The minimum absolute atomic E-state index is 0.127. The minimum atomic E-state index is -0.127. The number of para-hydroxylation sites is 1. The number of nitrogens with one attached hydrogen (secondary N) is 2. The SMILES string of the molecule is COc1ccccc1CNc1nc(C)cc(C(=O)NC2CCCC2)n1. The van der Waals surface area contributed by atoms with Crippen LogP contribution in [0, 0.1) is 6.92 Å². The second-order valence-corrected chi connectivity index (χ2v) is 6.34. The van der Waals surface area contributed by atoms with Gasteiger partial charge >= 0.3 is 0 Å². The Morgan fingerprint density at radius 3 is 2.76 bits per heavy atom. The summed E-state index contributed by atoms with van der Waals surface area (Å²) in [6, 6.07) is 9.77. The number of anilines is 1. The number of rotatable bonds is 6. The Hall–Kier alpha value is -2.63. The first-order chi connectivity index (χ1) is 12.2. The molecule has 0 unspecified atom stereocenters. The molecule has 2 N–H and O–H groups in total. The summed E-state index contributed by atoms with van der Waals surface area (Å²) in [5, 5.41) is 6.25. The van der Waals surface area contributed by atoms with Crippen molar-refractivity contribution in [2.24, 2.45) is 0 Å². The quantitative estimate of drug-likeness (QED) is 0.845. The van der Waals surface area contributed by atoms with Gasteiger partial charge in [-0.1, -0.05) is 31.0 Å². The van der Waals surface area contributed by atoms with Gasteiger partial charge < -0.3 is 15.4 Å². The molecule has 2 aromatic rings. The molecule has 1 amide bonds. The van der Waals surface area contributed by atoms with Crippen molar-refractivity contribution in [3.8, 4) is 5.75 Å². The predicted molar refractivity (Wildman–Crippen MR) is 96.8 cm³/mol. The van der Waals surface area contributed by atoms with Gasteiger partial charge in [-0.15, -0.1) is 0 Å². The number of carbonyl (C=O) groups excluding carboxylic acids is 1. The zero-order chi connectivity index (χ0) is 17.6. The number of methoxy groups -OCH3 is 1. The monoisotopic (exact) mass is 340 g/mol. The number of hydrogen-bond donors (Lipinski definition) is 2. The number of aromatic nitrogens is 2. The van der Waals surface area contributed by atoms with Gasteiger partial charge in [-0.2, -0.15) is 0 Å². The molecule has 0 atom stereocenters. The Balaban J connectivity index is 1.69. The summed E-state index contributed by atoms with van der Waals surface area (Å²) in [4.78, 5) is 21.2. The number of carbonyl (C=O) groups is 1. The van der Waals surface area contributed by atoms with Gasteiger partial charge in [0.05, 0.1) is 7.11 Å². The van der Waals surface area contributed by atoms with Crippen LogP contribution in [0.4, 0.5) is 5.95 Å². The fraction of sp³-hybridized carbons (Fsp3) is 0.421. The first-order valence-corrected chi connectivity index (χ1v) is 8.68. The van der Waals surface area contributed by atoms with E-state index in [9.17, 15) is 4.79 Å². The van der Waals surface area contributed by atoms with Crippen LogP contribution >= 0.6 is 0 Å². The van der Waals surface area contributed by atoms with Crippen LogP contribution in [0.15, 0.2) is 30.3 Å². The van der Waals surface area contributed by atoms with E-state index >= 15 is 0 Å². The average molecular weight is 340 g/mol. The molecule has 6 heteroatoms. The number of benzene rings is 1. The maximum absolute atomic E-state index is 12.4. The highest BCUT2D eigenvalue weighted by Crippen LogP contribution is 2.19. The lowest BCUT2D eigenvalue weighted by Gasteiger charge is -2.13. The summed E-state index contributed by atoms with van der Waals surface area (Å²) >= 11 is 0. The molecule has 1 aliphatic carbocycles. The molecule has 0 aliphatic heterocycles. The maximum atomic E-state index is 12.4. The van der Waals surface area contributed by atoms with Gasteiger partial charge in [0.2, 0.25) is 5.95 Å². The Bertz CT molecular complexity index is 742. The summed E-state index contributed by atoms with van der Waals surface area (Å²) in [6.07, 6.45) is 4.46. The number of nitrogens with zero attached hydrogens (tertiary/aromatic N) is 2. The topological polar surface area (TPSA) is 76.1 Å². The van der Waals surface area contributed by atoms with Gasteiger partial charge in [-0.25, -0.2) is 9.97 Å². The van der Waals surface area contributed by atoms with Crippen LogP contribution < -0.4 is 15.4 Å². The van der Waals surface area contributed by atoms with Crippen molar-refractivity contribution in [3.63, 3.8) is 0 Å². The van der Waals surface area contributed by atoms with Gasteiger partial charge in [0.15, 0.2) is 0 Å². The second kappa shape index (κ2) is 7.96. The normalized spacial score (nSPS) is 14.3. The molecule has 1 heterocycles. The Morgan fingerprint density at radius 2 is 2.00 bits per heavy atom. The van der Waals surface area contributed by atoms with E-state index in [1.54, 1.807) is 13.2 Å². The molecular weight excluding hydrogens is 316 g/mol. The van der Waals surface area contributed by atoms with Crippen LogP contribution in [0.3, 0.4) is 0 Å². The van der Waals surface area contributed by atoms with Crippen LogP contribution in [-0.2, 0) is 6.54 Å². The van der Waals surface area contributed by atoms with Crippen LogP contribution in [0.25, 0.3) is 0 Å². The average Bonchev–Trinajstić information content (AvgIpc) is 3.12. The van der Waals surface area contributed by atoms with Crippen molar-refractivity contribution in [1.82, 2.24) is 15.3 Å². The smallest absolute Gasteiger partial charge is 0.270 e. The standard InChI is InChI=1S/C19H24N4O2/c1-13-11-16(18(24)22-15-8-4-5-9-15)23-19(21-13)20-12-14-7-3-6-10-17(14)25-2/h3,6-7,10-11,15H,4-5,8-9,12H2,1-2H3,(H,22,24)(H,20,21,23). The molecular formula is C19H24N4O2. The summed E-state index contributed by atoms with van der Waals surface area (Å²) in [5.41, 5.74) is 2.17. The van der Waals surface area contributed by atoms with Gasteiger partial charge in [-0.3, -0.25) is 4.79 Å². The fourth-order valence-electron chi connectivity index (χ4n) is 3.12. The lowest BCUT2D eigenvalue weighted by Crippen LogP contribution is -2.33. The molecule has 0 bridgehead atoms. The van der Waals surface area contributed by atoms with Gasteiger partial charge in [0, 0.05) is 23.8 Å². The van der Waals surface area contributed by atoms with Gasteiger partial charge in [-0.05, 0) is 31.9 Å². The molecule has 6 nitrogen and oxygen atoms in total. The maximum Gasteiger partial charge on any atom is 0.270 e. The molecule has 3 rings (SSSR count). The van der Waals surface area contributed by atoms with Crippen LogP contribution in [0.1, 0.15) is 47.4 Å². The largest absolute Gasteiger partial charge is 0.496 e. The summed E-state index contributed by atoms with van der Waals surface area (Å²) < 4.78 is 5.35. The van der Waals surface area contributed by atoms with Gasteiger partial charge in [0.1, 0.15) is 11.4 Å². The highest BCUT2D eigenvalue weighted by molar-refractivity contribution is 5.92. The molecule has 1 aromatic heterocycles. The lowest BCUT2D eigenvalue weighted by atomic mass is 10.2. The van der Waals surface area contributed by atoms with E-state index in [-0.39, 0.29) is 11.9 Å². The van der Waals surface area contributed by atoms with Crippen molar-refractivity contribution < 1.29 is 9.53 Å². The van der Waals surface area contributed by atoms with Crippen LogP contribution in [-0.4, -0.2) is 29.0 Å². The Labute approximate surface area is 148 Å². The van der Waals surface area contributed by atoms with Crippen molar-refractivity contribution in [3.05, 3.63) is 47.3 Å². The molecule has 132 valence electrons. The highest BCUT2D eigenvalue weighted by Gasteiger charge is 2.19. The summed E-state index contributed by atoms with van der Waals surface area (Å²) in [7, 11) is 1.65. The first-order valence-electron chi connectivity index (χ1n) is 8.68. The van der Waals surface area contributed by atoms with Crippen molar-refractivity contribution in [2.75, 3.05) is 12.4 Å². The summed E-state index contributed by atoms with van der Waals surface area (Å²) in [6.45, 7) is 2.39. The lowest BCUT2D eigenvalue weighted by molar-refractivity contribution is 0.0932. The van der Waals surface area contributed by atoms with E-state index in [1.807, 2.05) is 31.2 Å². The molecule has 1 saturated carbocycles. The zero-order valence-electron chi connectivity index (χ0n) is 14.7. The summed E-state index contributed by atoms with van der Waals surface area (Å²) in [5.74, 6) is 1.13. The van der Waals surface area contributed by atoms with Gasteiger partial charge in [0.25, 0.3) is 5.91 Å². The predicted octanol–water partition coefficient (Wildman–Crippen LogP) is 3.08. The second-order valence-electron chi connectivity index (χ2n) is 6.34. The van der Waals surface area contributed by atoms with E-state index in [0.29, 0.717) is 18.2 Å². The first kappa shape index (κ1) is 17.2. The third-order valence-electron chi connectivity index (χ3n) is 4.41. The van der Waals surface area contributed by atoms with Crippen molar-refractivity contribution in [2.45, 2.75) is 45.2 Å². The zero-order valence-corrected chi connectivity index (χ0v) is 14.7. The fourth-order valence-corrected chi connectivity index (χ4v) is 3.12. The Morgan fingerprint density at radius 1 is 1.24 bits per heavy atom. The molecule has 1 aliphatic rings. The molecule has 0 radical (unpaired) electrons. The van der Waals surface area contributed by atoms with Crippen LogP contribution in [0.5, 0.6) is 5.75 Å². The molecule has 0 saturated heterocycles. The third-order valence-corrected chi connectivity index (χ3v) is 4.41. The van der Waals surface area contributed by atoms with Crippen molar-refractivity contribution >= 4 is 11.9 Å². The molecule has 1 aromatic carbocycles. The third kappa shape index (κ3) is 4.47. The molecule has 25 heavy (non-hydrogen) atoms. The minimum Gasteiger partial charge on any atom is -0.496 e. The number of hydrogen-bond acceptors (Lipinski definition) is 5. The molecule has 0 spiro atoms.